The lowest BCUT2D eigenvalue weighted by atomic mass is 10.1. The van der Waals surface area contributed by atoms with Crippen molar-refractivity contribution >= 4 is 21.4 Å². The largest absolute Gasteiger partial charge is 0.379 e. The van der Waals surface area contributed by atoms with Crippen molar-refractivity contribution in [2.24, 2.45) is 0 Å². The molecule has 0 aliphatic carbocycles. The molecule has 5 nitrogen and oxygen atoms in total. The van der Waals surface area contributed by atoms with Crippen LogP contribution in [0, 0.1) is 19.7 Å². The summed E-state index contributed by atoms with van der Waals surface area (Å²) in [6.07, 6.45) is 0. The summed E-state index contributed by atoms with van der Waals surface area (Å²) in [7, 11) is -3.86. The Morgan fingerprint density at radius 1 is 1.16 bits per heavy atom. The van der Waals surface area contributed by atoms with Crippen molar-refractivity contribution in [2.45, 2.75) is 31.3 Å². The van der Waals surface area contributed by atoms with E-state index in [1.165, 1.54) is 37.3 Å². The second kappa shape index (κ2) is 6.93. The Morgan fingerprint density at radius 2 is 1.76 bits per heavy atom. The fourth-order valence-electron chi connectivity index (χ4n) is 2.25. The predicted octanol–water partition coefficient (Wildman–Crippen LogP) is 2.61. The number of halogens is 1. The van der Waals surface area contributed by atoms with Crippen LogP contribution in [0.4, 0.5) is 10.1 Å². The molecule has 2 aromatic rings. The zero-order chi connectivity index (χ0) is 18.8. The smallest absolute Gasteiger partial charge is 0.257 e. The fraction of sp³-hybridized carbons (Fsp3) is 0.278. The minimum atomic E-state index is -3.86. The van der Waals surface area contributed by atoms with Gasteiger partial charge in [0.15, 0.2) is 15.4 Å². The number of sulfone groups is 1. The van der Waals surface area contributed by atoms with Crippen LogP contribution >= 0.6 is 0 Å². The Morgan fingerprint density at radius 3 is 2.32 bits per heavy atom. The summed E-state index contributed by atoms with van der Waals surface area (Å²) < 4.78 is 38.1. The number of rotatable bonds is 5. The van der Waals surface area contributed by atoms with Gasteiger partial charge in [-0.25, -0.2) is 12.8 Å². The van der Waals surface area contributed by atoms with Crippen LogP contribution in [-0.2, 0) is 14.6 Å². The average Bonchev–Trinajstić information content (AvgIpc) is 2.50. The van der Waals surface area contributed by atoms with E-state index in [1.54, 1.807) is 12.1 Å². The van der Waals surface area contributed by atoms with E-state index in [0.717, 1.165) is 12.5 Å². The molecule has 25 heavy (non-hydrogen) atoms. The Bertz CT molecular complexity index is 890. The highest BCUT2D eigenvalue weighted by Crippen LogP contribution is 2.20. The quantitative estimate of drug-likeness (QED) is 0.853. The highest BCUT2D eigenvalue weighted by Gasteiger charge is 2.36. The van der Waals surface area contributed by atoms with Crippen LogP contribution in [0.1, 0.15) is 18.1 Å². The van der Waals surface area contributed by atoms with Crippen molar-refractivity contribution < 1.29 is 22.7 Å². The second-order valence-corrected chi connectivity index (χ2v) is 8.25. The molecule has 0 fully saturated rings. The summed E-state index contributed by atoms with van der Waals surface area (Å²) in [5.41, 5.74) is -0.650. The summed E-state index contributed by atoms with van der Waals surface area (Å²) in [6.45, 7) is 4.49. The minimum absolute atomic E-state index is 0.0313. The number of benzene rings is 2. The third-order valence-electron chi connectivity index (χ3n) is 3.76. The van der Waals surface area contributed by atoms with E-state index < -0.39 is 32.9 Å². The maximum absolute atomic E-state index is 13.3. The van der Waals surface area contributed by atoms with Gasteiger partial charge < -0.3 is 10.4 Å². The third-order valence-corrected chi connectivity index (χ3v) is 5.69. The lowest BCUT2D eigenvalue weighted by molar-refractivity contribution is -0.130. The van der Waals surface area contributed by atoms with E-state index in [2.05, 4.69) is 5.32 Å². The molecular formula is C18H20FNO4S. The van der Waals surface area contributed by atoms with E-state index in [4.69, 9.17) is 0 Å². The highest BCUT2D eigenvalue weighted by molar-refractivity contribution is 7.91. The van der Waals surface area contributed by atoms with Crippen molar-refractivity contribution in [3.63, 3.8) is 0 Å². The molecule has 1 amide bonds. The van der Waals surface area contributed by atoms with Crippen LogP contribution < -0.4 is 5.32 Å². The van der Waals surface area contributed by atoms with E-state index in [1.807, 2.05) is 6.92 Å². The van der Waals surface area contributed by atoms with Crippen molar-refractivity contribution in [1.82, 2.24) is 0 Å². The number of nitrogens with one attached hydrogen (secondary N) is 1. The van der Waals surface area contributed by atoms with Gasteiger partial charge in [-0.1, -0.05) is 17.7 Å². The monoisotopic (exact) mass is 365 g/mol. The first kappa shape index (κ1) is 19.1. The number of aliphatic hydroxyl groups is 1. The van der Waals surface area contributed by atoms with Crippen LogP contribution in [0.25, 0.3) is 0 Å². The average molecular weight is 365 g/mol. The predicted molar refractivity (Wildman–Crippen MR) is 93.6 cm³/mol. The van der Waals surface area contributed by atoms with Crippen molar-refractivity contribution in [1.29, 1.82) is 0 Å². The van der Waals surface area contributed by atoms with Crippen LogP contribution in [0.2, 0.25) is 0 Å². The van der Waals surface area contributed by atoms with E-state index >= 15 is 0 Å². The van der Waals surface area contributed by atoms with Crippen LogP contribution in [0.3, 0.4) is 0 Å². The number of hydrogen-bond acceptors (Lipinski definition) is 4. The van der Waals surface area contributed by atoms with Gasteiger partial charge in [0.05, 0.1) is 10.6 Å². The maximum atomic E-state index is 13.3. The molecule has 134 valence electrons. The van der Waals surface area contributed by atoms with Gasteiger partial charge in [-0.3, -0.25) is 4.79 Å². The Kier molecular flexibility index (Phi) is 5.29. The number of hydrogen-bond donors (Lipinski definition) is 2. The standard InChI is InChI=1S/C18H20FNO4S/c1-12-4-7-15(8-5-12)25(23,24)11-18(3,22)17(21)20-14-6-9-16(19)13(2)10-14/h4-10,22H,11H2,1-3H3,(H,20,21)/t18-/m0/s1. The van der Waals surface area contributed by atoms with E-state index in [9.17, 15) is 22.7 Å². The summed E-state index contributed by atoms with van der Waals surface area (Å²) >= 11 is 0. The summed E-state index contributed by atoms with van der Waals surface area (Å²) in [6, 6.07) is 10.1. The first-order chi connectivity index (χ1) is 11.5. The molecule has 2 aromatic carbocycles. The van der Waals surface area contributed by atoms with Gasteiger partial charge in [0.2, 0.25) is 0 Å². The molecule has 0 spiro atoms. The fourth-order valence-corrected chi connectivity index (χ4v) is 3.84. The third kappa shape index (κ3) is 4.64. The van der Waals surface area contributed by atoms with E-state index in [-0.39, 0.29) is 10.6 Å². The molecule has 0 saturated carbocycles. The Balaban J connectivity index is 2.17. The summed E-state index contributed by atoms with van der Waals surface area (Å²) in [4.78, 5) is 12.3. The van der Waals surface area contributed by atoms with Crippen molar-refractivity contribution in [2.75, 3.05) is 11.1 Å². The van der Waals surface area contributed by atoms with Gasteiger partial charge in [-0.2, -0.15) is 0 Å². The molecule has 0 heterocycles. The van der Waals surface area contributed by atoms with Gasteiger partial charge in [0.25, 0.3) is 5.91 Å². The number of carbonyl (C=O) groups excluding carboxylic acids is 1. The molecule has 1 atom stereocenters. The first-order valence-corrected chi connectivity index (χ1v) is 9.26. The Hall–Kier alpha value is -2.25. The molecule has 0 radical (unpaired) electrons. The number of aryl methyl sites for hydroxylation is 2. The van der Waals surface area contributed by atoms with Crippen LogP contribution in [-0.4, -0.2) is 30.8 Å². The van der Waals surface area contributed by atoms with Crippen LogP contribution in [0.15, 0.2) is 47.4 Å². The van der Waals surface area contributed by atoms with Gasteiger partial charge >= 0.3 is 0 Å². The van der Waals surface area contributed by atoms with Gasteiger partial charge in [0, 0.05) is 5.69 Å². The molecule has 7 heteroatoms. The van der Waals surface area contributed by atoms with Crippen LogP contribution in [0.5, 0.6) is 0 Å². The molecular weight excluding hydrogens is 345 g/mol. The summed E-state index contributed by atoms with van der Waals surface area (Å²) in [5.74, 6) is -2.07. The minimum Gasteiger partial charge on any atom is -0.379 e. The molecule has 0 unspecified atom stereocenters. The molecule has 0 aliphatic heterocycles. The number of amides is 1. The molecule has 0 aliphatic rings. The van der Waals surface area contributed by atoms with Crippen molar-refractivity contribution in [3.8, 4) is 0 Å². The molecule has 0 bridgehead atoms. The normalized spacial score (nSPS) is 14.0. The van der Waals surface area contributed by atoms with Gasteiger partial charge in [-0.15, -0.1) is 0 Å². The number of carbonyl (C=O) groups is 1. The SMILES string of the molecule is Cc1ccc(S(=O)(=O)C[C@](C)(O)C(=O)Nc2ccc(F)c(C)c2)cc1. The zero-order valence-electron chi connectivity index (χ0n) is 14.2. The highest BCUT2D eigenvalue weighted by atomic mass is 32.2. The lowest BCUT2D eigenvalue weighted by Gasteiger charge is -2.22. The first-order valence-electron chi connectivity index (χ1n) is 7.61. The summed E-state index contributed by atoms with van der Waals surface area (Å²) in [5, 5.41) is 12.8. The second-order valence-electron chi connectivity index (χ2n) is 6.26. The van der Waals surface area contributed by atoms with Crippen molar-refractivity contribution in [3.05, 3.63) is 59.4 Å². The topological polar surface area (TPSA) is 83.5 Å². The Labute approximate surface area is 146 Å². The molecule has 0 aromatic heterocycles. The maximum Gasteiger partial charge on any atom is 0.257 e. The van der Waals surface area contributed by atoms with Gasteiger partial charge in [0.1, 0.15) is 5.82 Å². The molecule has 2 N–H and O–H groups in total. The lowest BCUT2D eigenvalue weighted by Crippen LogP contribution is -2.45. The molecule has 2 rings (SSSR count). The van der Waals surface area contributed by atoms with E-state index in [0.29, 0.717) is 5.56 Å². The number of anilines is 1. The molecule has 0 saturated heterocycles. The zero-order valence-corrected chi connectivity index (χ0v) is 15.0. The van der Waals surface area contributed by atoms with Gasteiger partial charge in [-0.05, 0) is 56.7 Å².